The number of hydrogen-bond donors (Lipinski definition) is 0. The van der Waals surface area contributed by atoms with E-state index in [2.05, 4.69) is 199 Å². The van der Waals surface area contributed by atoms with E-state index >= 15 is 0 Å². The highest BCUT2D eigenvalue weighted by Gasteiger charge is 2.34. The Kier molecular flexibility index (Phi) is 26.5. The summed E-state index contributed by atoms with van der Waals surface area (Å²) < 4.78 is 24.3. The summed E-state index contributed by atoms with van der Waals surface area (Å²) in [4.78, 5) is 36.0. The highest BCUT2D eigenvalue weighted by atomic mass is 19.1. The number of aryl methyl sites for hydroxylation is 2. The first-order valence-corrected chi connectivity index (χ1v) is 30.7. The van der Waals surface area contributed by atoms with E-state index in [1.807, 2.05) is 37.8 Å². The van der Waals surface area contributed by atoms with Crippen LogP contribution in [0.2, 0.25) is 0 Å². The van der Waals surface area contributed by atoms with Crippen molar-refractivity contribution in [2.24, 2.45) is 11.8 Å². The lowest BCUT2D eigenvalue weighted by atomic mass is 9.78. The fourth-order valence-corrected chi connectivity index (χ4v) is 11.4. The number of allylic oxidation sites excluding steroid dienone is 3. The summed E-state index contributed by atoms with van der Waals surface area (Å²) in [5.74, 6) is 1.05. The van der Waals surface area contributed by atoms with Crippen molar-refractivity contribution in [3.05, 3.63) is 141 Å². The minimum Gasteiger partial charge on any atom is -0.449 e. The molecule has 0 spiro atoms. The number of hydrogen-bond acceptors (Lipinski definition) is 7. The molecular formula is C71H112FN5O4. The maximum Gasteiger partial charge on any atom is 0.410 e. The second-order valence-corrected chi connectivity index (χ2v) is 28.2. The number of benzene rings is 3. The standard InChI is InChI=1S/C25H40N2O2.C24H37FN2O2.C22H35N/c1-19(2)16-23(17-25(6,7)22-10-8-21(5)9-11-22)26-12-14-27(15-13-26)24(28)29-18-20(3)4;1-18(2)16-21(17-24(6,7)19-8-10-20(25)11-9-19)26-12-14-27(15-13-26)22(28)29-23(3,4)5;1-17(2)15-21(23-13-11-19(4)12-14-23)16-22(5,6)20-9-7-18(3)8-10-20/h8-11,16,20,23H,12-15,17-18H2,1-7H3;8-11,16,21H,12-15,17H2,1-7H3;7-10,15,19,21H,11-14,16H2,1-6H3. The number of piperidine rings is 1. The molecule has 3 fully saturated rings. The molecule has 10 heteroatoms. The Hall–Kier alpha value is -4.77. The van der Waals surface area contributed by atoms with Crippen molar-refractivity contribution in [2.45, 2.75) is 211 Å². The minimum absolute atomic E-state index is 0.0810. The van der Waals surface area contributed by atoms with Gasteiger partial charge in [-0.25, -0.2) is 14.0 Å². The molecule has 81 heavy (non-hydrogen) atoms. The largest absolute Gasteiger partial charge is 0.449 e. The first kappa shape index (κ1) is 68.7. The minimum atomic E-state index is -0.474. The van der Waals surface area contributed by atoms with Crippen LogP contribution in [0.25, 0.3) is 0 Å². The predicted octanol–water partition coefficient (Wildman–Crippen LogP) is 16.5. The van der Waals surface area contributed by atoms with Crippen molar-refractivity contribution in [3.8, 4) is 0 Å². The van der Waals surface area contributed by atoms with Gasteiger partial charge in [0.2, 0.25) is 0 Å². The fourth-order valence-electron chi connectivity index (χ4n) is 11.4. The molecule has 0 aliphatic carbocycles. The highest BCUT2D eigenvalue weighted by Crippen LogP contribution is 2.35. The zero-order valence-electron chi connectivity index (χ0n) is 54.6. The number of amides is 2. The van der Waals surface area contributed by atoms with Crippen molar-refractivity contribution in [1.29, 1.82) is 0 Å². The van der Waals surface area contributed by atoms with Gasteiger partial charge in [0.15, 0.2) is 0 Å². The third-order valence-corrected chi connectivity index (χ3v) is 16.3. The molecule has 0 saturated carbocycles. The summed E-state index contributed by atoms with van der Waals surface area (Å²) in [6.45, 7) is 52.6. The molecule has 3 unspecified atom stereocenters. The lowest BCUT2D eigenvalue weighted by molar-refractivity contribution is 0.0112. The molecule has 2 amide bonds. The molecule has 3 aromatic carbocycles. The number of ether oxygens (including phenoxy) is 2. The van der Waals surface area contributed by atoms with Crippen LogP contribution in [0.1, 0.15) is 185 Å². The van der Waals surface area contributed by atoms with Crippen LogP contribution in [0.5, 0.6) is 0 Å². The number of carbonyl (C=O) groups excluding carboxylic acids is 2. The maximum absolute atomic E-state index is 13.3. The number of likely N-dealkylation sites (tertiary alicyclic amines) is 1. The Labute approximate surface area is 493 Å². The van der Waals surface area contributed by atoms with Crippen molar-refractivity contribution in [1.82, 2.24) is 24.5 Å². The predicted molar refractivity (Wildman–Crippen MR) is 340 cm³/mol. The van der Waals surface area contributed by atoms with E-state index in [9.17, 15) is 14.0 Å². The molecule has 3 aliphatic heterocycles. The van der Waals surface area contributed by atoms with Crippen molar-refractivity contribution >= 4 is 12.2 Å². The monoisotopic (exact) mass is 1120 g/mol. The van der Waals surface area contributed by atoms with Crippen LogP contribution in [0.4, 0.5) is 14.0 Å². The summed E-state index contributed by atoms with van der Waals surface area (Å²) in [6.07, 6.45) is 12.7. The number of nitrogens with zero attached hydrogens (tertiary/aromatic N) is 5. The molecule has 3 saturated heterocycles. The van der Waals surface area contributed by atoms with Gasteiger partial charge >= 0.3 is 12.2 Å². The van der Waals surface area contributed by atoms with E-state index in [4.69, 9.17) is 9.47 Å². The van der Waals surface area contributed by atoms with Crippen LogP contribution in [0.15, 0.2) is 108 Å². The van der Waals surface area contributed by atoms with Gasteiger partial charge in [-0.3, -0.25) is 14.7 Å². The summed E-state index contributed by atoms with van der Waals surface area (Å²) in [7, 11) is 0. The summed E-state index contributed by atoms with van der Waals surface area (Å²) >= 11 is 0. The van der Waals surface area contributed by atoms with Gasteiger partial charge in [-0.2, -0.15) is 0 Å². The number of carbonyl (C=O) groups is 2. The van der Waals surface area contributed by atoms with Crippen LogP contribution in [-0.2, 0) is 25.7 Å². The van der Waals surface area contributed by atoms with E-state index in [-0.39, 0.29) is 40.3 Å². The highest BCUT2D eigenvalue weighted by molar-refractivity contribution is 5.68. The number of halogens is 1. The second-order valence-electron chi connectivity index (χ2n) is 28.2. The molecule has 3 atom stereocenters. The lowest BCUT2D eigenvalue weighted by Crippen LogP contribution is -2.53. The van der Waals surface area contributed by atoms with Crippen LogP contribution in [0.3, 0.4) is 0 Å². The molecule has 3 aromatic rings. The van der Waals surface area contributed by atoms with Crippen molar-refractivity contribution in [3.63, 3.8) is 0 Å². The molecule has 0 N–H and O–H groups in total. The van der Waals surface area contributed by atoms with Gasteiger partial charge in [0.25, 0.3) is 0 Å². The van der Waals surface area contributed by atoms with Crippen LogP contribution in [-0.4, -0.2) is 132 Å². The summed E-state index contributed by atoms with van der Waals surface area (Å²) in [5, 5.41) is 0. The SMILES string of the molecule is CC(C)=CC(CC(C)(C)c1ccc(C)cc1)N1CCC(C)CC1.CC(C)=CC(CC(C)(C)c1ccc(C)cc1)N1CCN(C(=O)OCC(C)C)CC1.CC(C)=CC(CC(C)(C)c1ccc(F)cc1)N1CCN(C(=O)OC(C)(C)C)CC1. The van der Waals surface area contributed by atoms with Crippen LogP contribution >= 0.6 is 0 Å². The first-order valence-electron chi connectivity index (χ1n) is 30.7. The van der Waals surface area contributed by atoms with E-state index in [1.165, 1.54) is 83.5 Å². The lowest BCUT2D eigenvalue weighted by Gasteiger charge is -2.41. The molecule has 3 heterocycles. The van der Waals surface area contributed by atoms with E-state index in [1.54, 1.807) is 4.90 Å². The van der Waals surface area contributed by atoms with E-state index in [0.29, 0.717) is 37.7 Å². The van der Waals surface area contributed by atoms with Gasteiger partial charge in [-0.15, -0.1) is 0 Å². The third-order valence-electron chi connectivity index (χ3n) is 16.3. The normalized spacial score (nSPS) is 17.4. The molecule has 3 aliphatic rings. The Morgan fingerprint density at radius 3 is 1.12 bits per heavy atom. The Morgan fingerprint density at radius 2 is 0.815 bits per heavy atom. The van der Waals surface area contributed by atoms with Gasteiger partial charge in [0, 0.05) is 70.5 Å². The average molecular weight is 1120 g/mol. The zero-order chi connectivity index (χ0) is 60.5. The second kappa shape index (κ2) is 31.2. The molecule has 9 nitrogen and oxygen atoms in total. The summed E-state index contributed by atoms with van der Waals surface area (Å²) in [5.41, 5.74) is 10.4. The summed E-state index contributed by atoms with van der Waals surface area (Å²) in [6, 6.07) is 26.1. The van der Waals surface area contributed by atoms with Crippen molar-refractivity contribution in [2.75, 3.05) is 72.1 Å². The fraction of sp³-hybridized carbons (Fsp3) is 0.634. The van der Waals surface area contributed by atoms with Crippen LogP contribution < -0.4 is 0 Å². The van der Waals surface area contributed by atoms with Gasteiger partial charge in [-0.1, -0.05) is 169 Å². The molecule has 0 bridgehead atoms. The van der Waals surface area contributed by atoms with Gasteiger partial charge in [0.1, 0.15) is 11.4 Å². The molecule has 0 aromatic heterocycles. The van der Waals surface area contributed by atoms with Gasteiger partial charge in [-0.05, 0) is 178 Å². The zero-order valence-corrected chi connectivity index (χ0v) is 54.6. The Bertz CT molecular complexity index is 2450. The van der Waals surface area contributed by atoms with E-state index < -0.39 is 5.60 Å². The number of piperazine rings is 2. The first-order chi connectivity index (χ1) is 37.7. The quantitative estimate of drug-likeness (QED) is 0.125. The van der Waals surface area contributed by atoms with Crippen molar-refractivity contribution < 1.29 is 23.5 Å². The maximum atomic E-state index is 13.3. The smallest absolute Gasteiger partial charge is 0.410 e. The topological polar surface area (TPSA) is 68.8 Å². The average Bonchev–Trinajstić information content (AvgIpc) is 3.44. The molecule has 0 radical (unpaired) electrons. The van der Waals surface area contributed by atoms with Gasteiger partial charge in [0.05, 0.1) is 6.61 Å². The number of rotatable bonds is 17. The van der Waals surface area contributed by atoms with Crippen LogP contribution in [0, 0.1) is 31.5 Å². The van der Waals surface area contributed by atoms with E-state index in [0.717, 1.165) is 63.6 Å². The Balaban J connectivity index is 0.000000263. The molecule has 452 valence electrons. The molecular weight excluding hydrogens is 1010 g/mol. The Morgan fingerprint density at radius 1 is 0.506 bits per heavy atom. The third kappa shape index (κ3) is 23.8. The van der Waals surface area contributed by atoms with Gasteiger partial charge < -0.3 is 19.3 Å². The molecule has 6 rings (SSSR count).